The van der Waals surface area contributed by atoms with Crippen LogP contribution >= 0.6 is 15.9 Å². The first kappa shape index (κ1) is 10.5. The summed E-state index contributed by atoms with van der Waals surface area (Å²) in [5.74, 6) is -3.72. The zero-order valence-corrected chi connectivity index (χ0v) is 8.13. The Bertz CT molecular complexity index is 278. The zero-order chi connectivity index (χ0) is 9.90. The Hall–Kier alpha value is -0.620. The Labute approximate surface area is 82.0 Å². The van der Waals surface area contributed by atoms with E-state index in [1.54, 1.807) is 0 Å². The Morgan fingerprint density at radius 2 is 1.92 bits per heavy atom. The van der Waals surface area contributed by atoms with Gasteiger partial charge < -0.3 is 5.11 Å². The molecule has 3 nitrogen and oxygen atoms in total. The van der Waals surface area contributed by atoms with Crippen molar-refractivity contribution >= 4 is 15.9 Å². The number of rotatable bonds is 3. The zero-order valence-electron chi connectivity index (χ0n) is 6.54. The molecule has 0 radical (unpaired) electrons. The molecule has 0 spiro atoms. The standard InChI is InChI=1S/C7H7BrF2N2O/c8-5-3-11-6(12-4-5)7(9,10)1-2-13/h3-4,13H,1-2H2. The van der Waals surface area contributed by atoms with E-state index >= 15 is 0 Å². The molecule has 0 aliphatic carbocycles. The van der Waals surface area contributed by atoms with Crippen LogP contribution in [-0.4, -0.2) is 21.7 Å². The van der Waals surface area contributed by atoms with Gasteiger partial charge in [-0.1, -0.05) is 0 Å². The summed E-state index contributed by atoms with van der Waals surface area (Å²) in [7, 11) is 0. The molecule has 0 aliphatic heterocycles. The van der Waals surface area contributed by atoms with Gasteiger partial charge in [-0.05, 0) is 15.9 Å². The van der Waals surface area contributed by atoms with Gasteiger partial charge in [-0.3, -0.25) is 0 Å². The van der Waals surface area contributed by atoms with Crippen LogP contribution in [0.5, 0.6) is 0 Å². The number of aliphatic hydroxyl groups is 1. The van der Waals surface area contributed by atoms with E-state index in [0.29, 0.717) is 4.47 Å². The van der Waals surface area contributed by atoms with Gasteiger partial charge in [0.15, 0.2) is 5.82 Å². The van der Waals surface area contributed by atoms with E-state index in [9.17, 15) is 8.78 Å². The van der Waals surface area contributed by atoms with Gasteiger partial charge in [0.25, 0.3) is 0 Å². The first-order valence-corrected chi connectivity index (χ1v) is 4.32. The molecule has 0 saturated carbocycles. The van der Waals surface area contributed by atoms with Crippen molar-refractivity contribution in [3.63, 3.8) is 0 Å². The highest BCUT2D eigenvalue weighted by molar-refractivity contribution is 9.10. The molecular formula is C7H7BrF2N2O. The summed E-state index contributed by atoms with van der Waals surface area (Å²) < 4.78 is 26.5. The SMILES string of the molecule is OCCC(F)(F)c1ncc(Br)cn1. The topological polar surface area (TPSA) is 46.0 Å². The molecule has 1 N–H and O–H groups in total. The highest BCUT2D eigenvalue weighted by Gasteiger charge is 2.33. The summed E-state index contributed by atoms with van der Waals surface area (Å²) in [4.78, 5) is 6.90. The maximum Gasteiger partial charge on any atom is 0.308 e. The molecule has 0 bridgehead atoms. The number of aliphatic hydroxyl groups excluding tert-OH is 1. The van der Waals surface area contributed by atoms with Crippen LogP contribution in [0.15, 0.2) is 16.9 Å². The predicted molar refractivity (Wildman–Crippen MR) is 45.3 cm³/mol. The summed E-state index contributed by atoms with van der Waals surface area (Å²) in [5.41, 5.74) is 0. The molecule has 1 aromatic rings. The van der Waals surface area contributed by atoms with Gasteiger partial charge in [0.1, 0.15) is 0 Å². The van der Waals surface area contributed by atoms with Crippen molar-refractivity contribution in [3.05, 3.63) is 22.7 Å². The minimum absolute atomic E-state index is 0.538. The van der Waals surface area contributed by atoms with Crippen molar-refractivity contribution in [1.29, 1.82) is 0 Å². The smallest absolute Gasteiger partial charge is 0.308 e. The third-order valence-electron chi connectivity index (χ3n) is 1.37. The van der Waals surface area contributed by atoms with Crippen LogP contribution in [0.25, 0.3) is 0 Å². The van der Waals surface area contributed by atoms with Crippen molar-refractivity contribution in [3.8, 4) is 0 Å². The van der Waals surface area contributed by atoms with Gasteiger partial charge in [0.2, 0.25) is 0 Å². The lowest BCUT2D eigenvalue weighted by Crippen LogP contribution is -2.18. The molecule has 0 atom stereocenters. The quantitative estimate of drug-likeness (QED) is 0.891. The maximum absolute atomic E-state index is 13.0. The summed E-state index contributed by atoms with van der Waals surface area (Å²) in [5, 5.41) is 8.37. The minimum Gasteiger partial charge on any atom is -0.396 e. The van der Waals surface area contributed by atoms with Gasteiger partial charge in [-0.2, -0.15) is 8.78 Å². The normalized spacial score (nSPS) is 11.7. The summed E-state index contributed by atoms with van der Waals surface area (Å²) in [6.07, 6.45) is 1.83. The molecule has 0 unspecified atom stereocenters. The van der Waals surface area contributed by atoms with Gasteiger partial charge in [-0.25, -0.2) is 9.97 Å². The molecule has 1 heterocycles. The number of alkyl halides is 2. The summed E-state index contributed by atoms with van der Waals surface area (Å²) in [6.45, 7) is -0.591. The van der Waals surface area contributed by atoms with E-state index in [1.807, 2.05) is 0 Å². The van der Waals surface area contributed by atoms with Crippen molar-refractivity contribution in [2.24, 2.45) is 0 Å². The van der Waals surface area contributed by atoms with Gasteiger partial charge in [-0.15, -0.1) is 0 Å². The van der Waals surface area contributed by atoms with Crippen LogP contribution in [0.3, 0.4) is 0 Å². The third-order valence-corrected chi connectivity index (χ3v) is 1.78. The number of hydrogen-bond acceptors (Lipinski definition) is 3. The molecular weight excluding hydrogens is 246 g/mol. The lowest BCUT2D eigenvalue weighted by Gasteiger charge is -2.12. The van der Waals surface area contributed by atoms with E-state index < -0.39 is 24.8 Å². The highest BCUT2D eigenvalue weighted by Crippen LogP contribution is 2.28. The van der Waals surface area contributed by atoms with Crippen LogP contribution in [0.4, 0.5) is 8.78 Å². The third kappa shape index (κ3) is 2.67. The lowest BCUT2D eigenvalue weighted by atomic mass is 10.2. The second-order valence-electron chi connectivity index (χ2n) is 2.40. The predicted octanol–water partition coefficient (Wildman–Crippen LogP) is 1.71. The lowest BCUT2D eigenvalue weighted by molar-refractivity contribution is -0.0354. The Kier molecular flexibility index (Phi) is 3.27. The van der Waals surface area contributed by atoms with Gasteiger partial charge in [0.05, 0.1) is 4.47 Å². The van der Waals surface area contributed by atoms with Crippen molar-refractivity contribution in [2.45, 2.75) is 12.3 Å². The molecule has 6 heteroatoms. The molecule has 0 aliphatic rings. The average Bonchev–Trinajstić information content (AvgIpc) is 2.05. The van der Waals surface area contributed by atoms with Crippen LogP contribution in [0, 0.1) is 0 Å². The van der Waals surface area contributed by atoms with Crippen LogP contribution in [0.2, 0.25) is 0 Å². The number of aromatic nitrogens is 2. The van der Waals surface area contributed by atoms with Crippen molar-refractivity contribution < 1.29 is 13.9 Å². The Balaban J connectivity index is 2.87. The number of nitrogens with zero attached hydrogens (tertiary/aromatic N) is 2. The molecule has 72 valence electrons. The average molecular weight is 253 g/mol. The number of halogens is 3. The summed E-state index contributed by atoms with van der Waals surface area (Å²) >= 11 is 3.03. The Morgan fingerprint density at radius 3 is 2.38 bits per heavy atom. The Morgan fingerprint density at radius 1 is 1.38 bits per heavy atom. The minimum atomic E-state index is -3.16. The van der Waals surface area contributed by atoms with Crippen molar-refractivity contribution in [1.82, 2.24) is 9.97 Å². The summed E-state index contributed by atoms with van der Waals surface area (Å²) in [6, 6.07) is 0. The first-order chi connectivity index (χ1) is 6.06. The molecule has 0 saturated heterocycles. The number of hydrogen-bond donors (Lipinski definition) is 1. The molecule has 0 fully saturated rings. The fraction of sp³-hybridized carbons (Fsp3) is 0.429. The maximum atomic E-state index is 13.0. The van der Waals surface area contributed by atoms with E-state index in [1.165, 1.54) is 12.4 Å². The van der Waals surface area contributed by atoms with Crippen LogP contribution in [0.1, 0.15) is 12.2 Å². The van der Waals surface area contributed by atoms with E-state index in [0.717, 1.165) is 0 Å². The second-order valence-corrected chi connectivity index (χ2v) is 3.32. The monoisotopic (exact) mass is 252 g/mol. The van der Waals surface area contributed by atoms with E-state index in [4.69, 9.17) is 5.11 Å². The van der Waals surface area contributed by atoms with Crippen LogP contribution < -0.4 is 0 Å². The molecule has 0 amide bonds. The first-order valence-electron chi connectivity index (χ1n) is 3.53. The fourth-order valence-corrected chi connectivity index (χ4v) is 0.958. The second kappa shape index (κ2) is 4.06. The fourth-order valence-electron chi connectivity index (χ4n) is 0.753. The van der Waals surface area contributed by atoms with E-state index in [2.05, 4.69) is 25.9 Å². The van der Waals surface area contributed by atoms with Gasteiger partial charge in [0, 0.05) is 25.4 Å². The van der Waals surface area contributed by atoms with Crippen molar-refractivity contribution in [2.75, 3.05) is 6.61 Å². The highest BCUT2D eigenvalue weighted by atomic mass is 79.9. The molecule has 13 heavy (non-hydrogen) atoms. The van der Waals surface area contributed by atoms with Gasteiger partial charge >= 0.3 is 5.92 Å². The van der Waals surface area contributed by atoms with Crippen LogP contribution in [-0.2, 0) is 5.92 Å². The molecule has 1 aromatic heterocycles. The molecule has 1 rings (SSSR count). The van der Waals surface area contributed by atoms with E-state index in [-0.39, 0.29) is 0 Å². The largest absolute Gasteiger partial charge is 0.396 e. The molecule has 0 aromatic carbocycles.